The molecule has 0 bridgehead atoms. The molecular formula is CH3NOS. The number of carbonyl (C=O) groups is 1. The summed E-state index contributed by atoms with van der Waals surface area (Å²) >= 11 is 0.0679. The number of hydrogen-bond acceptors (Lipinski definition) is 2. The smallest absolute Gasteiger partial charge is 0.183 e. The van der Waals surface area contributed by atoms with Gasteiger partial charge >= 0.3 is 0 Å². The van der Waals surface area contributed by atoms with Crippen LogP contribution in [0.3, 0.4) is 0 Å². The van der Waals surface area contributed by atoms with E-state index in [9.17, 15) is 0 Å². The third-order valence-corrected chi connectivity index (χ3v) is 0.158. The Kier molecular flexibility index (Phi) is 2.69. The zero-order chi connectivity index (χ0) is 3.41. The van der Waals surface area contributed by atoms with E-state index >= 15 is 0 Å². The lowest BCUT2D eigenvalue weighted by Crippen LogP contribution is -1.49. The Morgan fingerprint density at radius 2 is 2.25 bits per heavy atom. The van der Waals surface area contributed by atoms with E-state index in [1.807, 2.05) is 0 Å². The summed E-state index contributed by atoms with van der Waals surface area (Å²) in [5, 5.41) is 0. The Hall–Kier alpha value is -0.180. The van der Waals surface area contributed by atoms with Gasteiger partial charge in [0.15, 0.2) is 5.62 Å². The molecule has 0 aromatic rings. The minimum absolute atomic E-state index is 0.0679. The fraction of sp³-hybridized carbons (Fsp3) is 0. The van der Waals surface area contributed by atoms with Crippen molar-refractivity contribution in [3.8, 4) is 0 Å². The van der Waals surface area contributed by atoms with Crippen LogP contribution in [0.2, 0.25) is 0 Å². The molecule has 0 unspecified atom stereocenters. The third-order valence-electron chi connectivity index (χ3n) is 0.0527. The van der Waals surface area contributed by atoms with Gasteiger partial charge in [0.05, 0.1) is 0 Å². The van der Waals surface area contributed by atoms with E-state index in [1.54, 1.807) is 0 Å². The Labute approximate surface area is 27.8 Å². The topological polar surface area (TPSA) is 40.9 Å². The van der Waals surface area contributed by atoms with Crippen molar-refractivity contribution in [2.75, 3.05) is 0 Å². The van der Waals surface area contributed by atoms with Crippen LogP contribution >= 0.6 is 0 Å². The summed E-state index contributed by atoms with van der Waals surface area (Å²) in [6.07, 6.45) is 0. The highest BCUT2D eigenvalue weighted by atomic mass is 32.1. The first-order valence-corrected chi connectivity index (χ1v) is 1.68. The fourth-order valence-electron chi connectivity index (χ4n) is 0. The summed E-state index contributed by atoms with van der Waals surface area (Å²) in [5.74, 6) is 0. The van der Waals surface area contributed by atoms with E-state index in [2.05, 4.69) is 0 Å². The normalized spacial score (nSPS) is 6.00. The largest absolute Gasteiger partial charge is 0.290 e. The van der Waals surface area contributed by atoms with Gasteiger partial charge in [0.25, 0.3) is 0 Å². The Bertz CT molecular complexity index is 29.0. The molecule has 0 atom stereocenters. The first-order chi connectivity index (χ1) is 1.91. The van der Waals surface area contributed by atoms with E-state index in [1.165, 1.54) is 0 Å². The molecule has 0 heterocycles. The van der Waals surface area contributed by atoms with Crippen molar-refractivity contribution >= 4 is 17.2 Å². The first-order valence-electron chi connectivity index (χ1n) is 0.718. The highest BCUT2D eigenvalue weighted by Crippen LogP contribution is 1.27. The molecule has 4 heavy (non-hydrogen) atoms. The molecule has 0 radical (unpaired) electrons. The molecule has 24 valence electrons. The quantitative estimate of drug-likeness (QED) is 0.329. The van der Waals surface area contributed by atoms with Gasteiger partial charge in [-0.15, -0.1) is 0 Å². The van der Waals surface area contributed by atoms with Crippen molar-refractivity contribution in [1.82, 2.24) is 0 Å². The standard InChI is InChI=1S/CH3NOS/c2-4-1-3/h1-2,4H. The average molecular weight is 77.1 g/mol. The van der Waals surface area contributed by atoms with Crippen LogP contribution in [-0.4, -0.2) is 5.62 Å². The number of rotatable bonds is 1. The van der Waals surface area contributed by atoms with Gasteiger partial charge < -0.3 is 0 Å². The van der Waals surface area contributed by atoms with Gasteiger partial charge in [-0.1, -0.05) is 11.6 Å². The molecule has 0 spiro atoms. The Morgan fingerprint density at radius 3 is 2.25 bits per heavy atom. The van der Waals surface area contributed by atoms with Crippen LogP contribution in [0.5, 0.6) is 0 Å². The van der Waals surface area contributed by atoms with Crippen molar-refractivity contribution in [2.45, 2.75) is 0 Å². The lowest BCUT2D eigenvalue weighted by Gasteiger charge is -1.39. The monoisotopic (exact) mass is 77.0 g/mol. The van der Waals surface area contributed by atoms with E-state index < -0.39 is 0 Å². The molecule has 0 aromatic carbocycles. The molecule has 1 N–H and O–H groups in total. The molecule has 2 nitrogen and oxygen atoms in total. The molecular weight excluding hydrogens is 74.1 g/mol. The maximum atomic E-state index is 8.97. The summed E-state index contributed by atoms with van der Waals surface area (Å²) in [6, 6.07) is 0. The Balaban J connectivity index is 2.73. The van der Waals surface area contributed by atoms with Crippen LogP contribution in [-0.2, 0) is 16.4 Å². The van der Waals surface area contributed by atoms with Crippen LogP contribution in [0.4, 0.5) is 0 Å². The second-order valence-electron chi connectivity index (χ2n) is 0.235. The van der Waals surface area contributed by atoms with Crippen molar-refractivity contribution in [1.29, 1.82) is 4.78 Å². The van der Waals surface area contributed by atoms with Crippen LogP contribution in [0.1, 0.15) is 0 Å². The zero-order valence-electron chi connectivity index (χ0n) is 1.93. The van der Waals surface area contributed by atoms with E-state index in [0.29, 0.717) is 5.62 Å². The molecule has 0 saturated carbocycles. The summed E-state index contributed by atoms with van der Waals surface area (Å²) in [4.78, 5) is 8.97. The number of nitrogens with one attached hydrogen (secondary N) is 1. The van der Waals surface area contributed by atoms with Gasteiger partial charge in [-0.25, -0.2) is 0 Å². The maximum Gasteiger partial charge on any atom is 0.183 e. The van der Waals surface area contributed by atoms with Crippen LogP contribution < -0.4 is 0 Å². The molecule has 0 aliphatic carbocycles. The summed E-state index contributed by atoms with van der Waals surface area (Å²) in [6.45, 7) is 0. The van der Waals surface area contributed by atoms with Crippen LogP contribution in [0.25, 0.3) is 0 Å². The number of hydrogen-bond donors (Lipinski definition) is 2. The van der Waals surface area contributed by atoms with Crippen LogP contribution in [0.15, 0.2) is 0 Å². The summed E-state index contributed by atoms with van der Waals surface area (Å²) in [7, 11) is 0. The van der Waals surface area contributed by atoms with Crippen LogP contribution in [0, 0.1) is 4.78 Å². The summed E-state index contributed by atoms with van der Waals surface area (Å²) < 4.78 is 6.06. The molecule has 0 rings (SSSR count). The fourth-order valence-corrected chi connectivity index (χ4v) is 0. The van der Waals surface area contributed by atoms with Gasteiger partial charge in [-0.05, 0) is 0 Å². The van der Waals surface area contributed by atoms with Gasteiger partial charge in [-0.3, -0.25) is 9.57 Å². The first kappa shape index (κ1) is 3.82. The van der Waals surface area contributed by atoms with Crippen molar-refractivity contribution < 1.29 is 4.79 Å². The zero-order valence-corrected chi connectivity index (χ0v) is 2.83. The Morgan fingerprint density at radius 1 is 2.00 bits per heavy atom. The molecule has 0 aliphatic rings. The lowest BCUT2D eigenvalue weighted by atomic mass is 11.8. The lowest BCUT2D eigenvalue weighted by molar-refractivity contribution is 0.570. The predicted octanol–water partition coefficient (Wildman–Crippen LogP) is -0.246. The van der Waals surface area contributed by atoms with Gasteiger partial charge in [0.1, 0.15) is 0 Å². The molecule has 0 aliphatic heterocycles. The molecule has 0 amide bonds. The molecule has 3 heteroatoms. The van der Waals surface area contributed by atoms with Gasteiger partial charge in [0, 0.05) is 0 Å². The van der Waals surface area contributed by atoms with E-state index in [-0.39, 0.29) is 11.6 Å². The third kappa shape index (κ3) is 1.82. The van der Waals surface area contributed by atoms with Gasteiger partial charge in [0.2, 0.25) is 0 Å². The maximum absolute atomic E-state index is 8.97. The molecule has 0 aromatic heterocycles. The van der Waals surface area contributed by atoms with Crippen molar-refractivity contribution in [3.05, 3.63) is 0 Å². The number of carbonyl (C=O) groups excluding carboxylic acids is 1. The molecule has 0 fully saturated rings. The average Bonchev–Trinajstić information content (AvgIpc) is 1.37. The second kappa shape index (κ2) is 2.82. The minimum atomic E-state index is 0.0679. The molecule has 0 saturated heterocycles. The van der Waals surface area contributed by atoms with Gasteiger partial charge in [-0.2, -0.15) is 0 Å². The predicted molar refractivity (Wildman–Crippen MR) is 18.2 cm³/mol. The highest BCUT2D eigenvalue weighted by Gasteiger charge is 1.37. The highest BCUT2D eigenvalue weighted by molar-refractivity contribution is 7.81. The van der Waals surface area contributed by atoms with Crippen molar-refractivity contribution in [2.24, 2.45) is 0 Å². The summed E-state index contributed by atoms with van der Waals surface area (Å²) in [5.41, 5.74) is 0.514. The SMILES string of the molecule is N=[SH]C=O. The number of thiol groups is 1. The van der Waals surface area contributed by atoms with E-state index in [0.717, 1.165) is 0 Å². The second-order valence-corrected chi connectivity index (χ2v) is 0.704. The van der Waals surface area contributed by atoms with E-state index in [4.69, 9.17) is 9.57 Å². The van der Waals surface area contributed by atoms with Crippen molar-refractivity contribution in [3.63, 3.8) is 0 Å². The minimum Gasteiger partial charge on any atom is -0.290 e.